The molecule has 188 valence electrons. The molecule has 2 aromatic heterocycles. The number of aromatic nitrogens is 4. The van der Waals surface area contributed by atoms with Crippen molar-refractivity contribution in [2.75, 3.05) is 26.6 Å². The molecule has 0 bridgehead atoms. The third kappa shape index (κ3) is 4.67. The molecule has 0 saturated heterocycles. The molecule has 0 aliphatic carbocycles. The summed E-state index contributed by atoms with van der Waals surface area (Å²) in [4.78, 5) is 12.9. The minimum Gasteiger partial charge on any atom is -0.493 e. The number of benzene rings is 2. The largest absolute Gasteiger partial charge is 0.493 e. The topological polar surface area (TPSA) is 99.9 Å². The number of nitrogens with zero attached hydrogens (tertiary/aromatic N) is 4. The molecule has 0 spiro atoms. The van der Waals surface area contributed by atoms with E-state index in [4.69, 9.17) is 14.2 Å². The van der Waals surface area contributed by atoms with Crippen LogP contribution in [0.1, 0.15) is 27.4 Å². The number of carbonyl (C=O) groups excluding carboxylic acids is 1. The highest BCUT2D eigenvalue weighted by molar-refractivity contribution is 6.03. The summed E-state index contributed by atoms with van der Waals surface area (Å²) >= 11 is 0. The van der Waals surface area contributed by atoms with Gasteiger partial charge in [0, 0.05) is 12.8 Å². The normalized spacial score (nSPS) is 11.5. The number of aryl methyl sites for hydroxylation is 1. The molecule has 0 aliphatic heterocycles. The highest BCUT2D eigenvalue weighted by Crippen LogP contribution is 2.36. The van der Waals surface area contributed by atoms with Crippen molar-refractivity contribution in [1.29, 1.82) is 0 Å². The molecule has 0 radical (unpaired) electrons. The van der Waals surface area contributed by atoms with E-state index in [1.54, 1.807) is 19.1 Å². The van der Waals surface area contributed by atoms with Gasteiger partial charge in [-0.2, -0.15) is 18.3 Å². The van der Waals surface area contributed by atoms with Crippen molar-refractivity contribution in [2.45, 2.75) is 19.7 Å². The van der Waals surface area contributed by atoms with Gasteiger partial charge in [0.25, 0.3) is 5.91 Å². The number of methoxy groups -OCH3 is 3. The Bertz CT molecular complexity index is 1440. The Hall–Kier alpha value is -4.19. The van der Waals surface area contributed by atoms with Crippen LogP contribution in [-0.2, 0) is 17.5 Å². The van der Waals surface area contributed by atoms with E-state index < -0.39 is 17.6 Å². The molecule has 36 heavy (non-hydrogen) atoms. The number of nitrogens with one attached hydrogen (secondary N) is 1. The maximum atomic E-state index is 13.0. The molecule has 2 aromatic carbocycles. The highest BCUT2D eigenvalue weighted by Gasteiger charge is 2.30. The fourth-order valence-corrected chi connectivity index (χ4v) is 3.75. The molecule has 1 amide bonds. The smallest absolute Gasteiger partial charge is 0.416 e. The monoisotopic (exact) mass is 501 g/mol. The zero-order chi connectivity index (χ0) is 26.0. The molecular formula is C24H22F3N5O4. The van der Waals surface area contributed by atoms with Gasteiger partial charge in [0.15, 0.2) is 22.8 Å². The summed E-state index contributed by atoms with van der Waals surface area (Å²) in [7, 11) is 4.58. The van der Waals surface area contributed by atoms with Crippen molar-refractivity contribution in [1.82, 2.24) is 19.8 Å². The lowest BCUT2D eigenvalue weighted by Gasteiger charge is -2.11. The average Bonchev–Trinajstić information content (AvgIpc) is 3.22. The summed E-state index contributed by atoms with van der Waals surface area (Å²) in [6.45, 7) is 1.77. The lowest BCUT2D eigenvalue weighted by atomic mass is 10.1. The number of hydrogen-bond acceptors (Lipinski definition) is 7. The maximum Gasteiger partial charge on any atom is 0.416 e. The molecule has 9 nitrogen and oxygen atoms in total. The van der Waals surface area contributed by atoms with Crippen LogP contribution < -0.4 is 14.8 Å². The first-order chi connectivity index (χ1) is 17.2. The first-order valence-corrected chi connectivity index (χ1v) is 10.6. The van der Waals surface area contributed by atoms with Crippen LogP contribution in [0, 0.1) is 6.92 Å². The summed E-state index contributed by atoms with van der Waals surface area (Å²) in [6.07, 6.45) is -4.54. The van der Waals surface area contributed by atoms with Gasteiger partial charge in [-0.3, -0.25) is 4.79 Å². The van der Waals surface area contributed by atoms with Gasteiger partial charge in [-0.1, -0.05) is 12.1 Å². The second kappa shape index (κ2) is 9.82. The van der Waals surface area contributed by atoms with E-state index in [-0.39, 0.29) is 18.0 Å². The lowest BCUT2D eigenvalue weighted by molar-refractivity contribution is -0.137. The summed E-state index contributed by atoms with van der Waals surface area (Å²) in [5.74, 6) is 0.319. The van der Waals surface area contributed by atoms with Crippen LogP contribution in [0.25, 0.3) is 16.8 Å². The second-order valence-electron chi connectivity index (χ2n) is 7.73. The molecule has 0 fully saturated rings. The molecule has 12 heteroatoms. The molecule has 4 aromatic rings. The van der Waals surface area contributed by atoms with Crippen LogP contribution in [0.5, 0.6) is 11.5 Å². The first-order valence-electron chi connectivity index (χ1n) is 10.6. The predicted molar refractivity (Wildman–Crippen MR) is 124 cm³/mol. The molecule has 0 aliphatic rings. The van der Waals surface area contributed by atoms with Gasteiger partial charge >= 0.3 is 6.18 Å². The van der Waals surface area contributed by atoms with Crippen LogP contribution >= 0.6 is 0 Å². The lowest BCUT2D eigenvalue weighted by Crippen LogP contribution is -2.19. The van der Waals surface area contributed by atoms with E-state index >= 15 is 0 Å². The van der Waals surface area contributed by atoms with Gasteiger partial charge in [0.05, 0.1) is 43.3 Å². The summed E-state index contributed by atoms with van der Waals surface area (Å²) in [6, 6.07) is 9.64. The zero-order valence-electron chi connectivity index (χ0n) is 19.8. The fourth-order valence-electron chi connectivity index (χ4n) is 3.75. The number of fused-ring (bicyclic) bond motifs is 1. The number of anilines is 1. The highest BCUT2D eigenvalue weighted by atomic mass is 19.4. The van der Waals surface area contributed by atoms with Crippen LogP contribution in [0.4, 0.5) is 18.9 Å². The summed E-state index contributed by atoms with van der Waals surface area (Å²) < 4.78 is 56.6. The van der Waals surface area contributed by atoms with Crippen molar-refractivity contribution in [3.05, 3.63) is 65.1 Å². The van der Waals surface area contributed by atoms with Crippen LogP contribution in [0.3, 0.4) is 0 Å². The minimum atomic E-state index is -4.54. The van der Waals surface area contributed by atoms with Gasteiger partial charge < -0.3 is 19.5 Å². The molecule has 1 N–H and O–H groups in total. The van der Waals surface area contributed by atoms with E-state index in [0.717, 1.165) is 12.1 Å². The number of rotatable bonds is 7. The average molecular weight is 501 g/mol. The van der Waals surface area contributed by atoms with Gasteiger partial charge in [0.1, 0.15) is 0 Å². The predicted octanol–water partition coefficient (Wildman–Crippen LogP) is 4.53. The Morgan fingerprint density at radius 3 is 2.44 bits per heavy atom. The minimum absolute atomic E-state index is 0.0253. The Morgan fingerprint density at radius 1 is 1.03 bits per heavy atom. The zero-order valence-corrected chi connectivity index (χ0v) is 19.8. The standard InChI is InChI=1S/C24H22F3N5O4/c1-13-21(23(33)28-16-7-5-6-15(11-16)24(25,26)27)29-30-22-20(17(12-34-2)31-32(13)22)14-8-9-18(35-3)19(10-14)36-4/h5-11H,12H2,1-4H3,(H,28,33). The van der Waals surface area contributed by atoms with Crippen molar-refractivity contribution in [3.8, 4) is 22.6 Å². The van der Waals surface area contributed by atoms with Gasteiger partial charge in [-0.25, -0.2) is 4.52 Å². The van der Waals surface area contributed by atoms with Crippen molar-refractivity contribution in [3.63, 3.8) is 0 Å². The second-order valence-corrected chi connectivity index (χ2v) is 7.73. The Labute approximate surface area is 203 Å². The van der Waals surface area contributed by atoms with Crippen molar-refractivity contribution < 1.29 is 32.2 Å². The van der Waals surface area contributed by atoms with Crippen molar-refractivity contribution >= 4 is 17.2 Å². The Balaban J connectivity index is 1.76. The molecule has 0 atom stereocenters. The third-order valence-corrected chi connectivity index (χ3v) is 5.45. The van der Waals surface area contributed by atoms with Gasteiger partial charge in [-0.05, 0) is 42.8 Å². The quantitative estimate of drug-likeness (QED) is 0.397. The van der Waals surface area contributed by atoms with E-state index in [9.17, 15) is 18.0 Å². The maximum absolute atomic E-state index is 13.0. The van der Waals surface area contributed by atoms with E-state index in [0.29, 0.717) is 39.7 Å². The van der Waals surface area contributed by atoms with Gasteiger partial charge in [0.2, 0.25) is 0 Å². The summed E-state index contributed by atoms with van der Waals surface area (Å²) in [5.41, 5.74) is 1.58. The molecular weight excluding hydrogens is 479 g/mol. The molecule has 0 unspecified atom stereocenters. The first kappa shape index (κ1) is 24.9. The fraction of sp³-hybridized carbons (Fsp3) is 0.250. The number of hydrogen-bond donors (Lipinski definition) is 1. The molecule has 4 rings (SSSR count). The number of carbonyl (C=O) groups is 1. The van der Waals surface area contributed by atoms with E-state index in [1.807, 2.05) is 6.07 Å². The number of ether oxygens (including phenoxy) is 3. The number of amides is 1. The number of alkyl halides is 3. The van der Waals surface area contributed by atoms with Crippen LogP contribution in [-0.4, -0.2) is 47.0 Å². The molecule has 2 heterocycles. The number of halogens is 3. The van der Waals surface area contributed by atoms with Crippen molar-refractivity contribution in [2.24, 2.45) is 0 Å². The van der Waals surface area contributed by atoms with Crippen LogP contribution in [0.15, 0.2) is 42.5 Å². The SMILES string of the molecule is COCc1nn2c(C)c(C(=O)Nc3cccc(C(F)(F)F)c3)nnc2c1-c1ccc(OC)c(OC)c1. The third-order valence-electron chi connectivity index (χ3n) is 5.45. The van der Waals surface area contributed by atoms with Crippen LogP contribution in [0.2, 0.25) is 0 Å². The van der Waals surface area contributed by atoms with E-state index in [2.05, 4.69) is 20.6 Å². The van der Waals surface area contributed by atoms with E-state index in [1.165, 1.54) is 38.0 Å². The molecule has 0 saturated carbocycles. The Kier molecular flexibility index (Phi) is 6.80. The Morgan fingerprint density at radius 2 is 1.78 bits per heavy atom. The van der Waals surface area contributed by atoms with Gasteiger partial charge in [-0.15, -0.1) is 10.2 Å². The summed E-state index contributed by atoms with van der Waals surface area (Å²) in [5, 5.41) is 15.3.